The Morgan fingerprint density at radius 2 is 1.83 bits per heavy atom. The van der Waals surface area contributed by atoms with E-state index in [1.807, 2.05) is 51.1 Å². The first-order valence-corrected chi connectivity index (χ1v) is 7.79. The number of esters is 2. The van der Waals surface area contributed by atoms with Crippen molar-refractivity contribution in [3.8, 4) is 0 Å². The number of ether oxygens (including phenoxy) is 2. The molecule has 1 aromatic carbocycles. The van der Waals surface area contributed by atoms with Crippen LogP contribution in [0.3, 0.4) is 0 Å². The maximum atomic E-state index is 12.6. The minimum absolute atomic E-state index is 0.248. The number of cyclic esters (lactones) is 1. The molecule has 23 heavy (non-hydrogen) atoms. The summed E-state index contributed by atoms with van der Waals surface area (Å²) in [6, 6.07) is 9.59. The molecule has 2 rings (SSSR count). The molecule has 1 aliphatic heterocycles. The van der Waals surface area contributed by atoms with E-state index in [1.165, 1.54) is 13.2 Å². The molecular formula is C19H22O4. The normalized spacial score (nSPS) is 18.8. The third-order valence-corrected chi connectivity index (χ3v) is 4.50. The number of methoxy groups -OCH3 is 1. The van der Waals surface area contributed by atoms with Crippen LogP contribution in [0.5, 0.6) is 0 Å². The first kappa shape index (κ1) is 17.0. The van der Waals surface area contributed by atoms with Gasteiger partial charge in [-0.3, -0.25) is 0 Å². The molecule has 0 saturated carbocycles. The average molecular weight is 314 g/mol. The van der Waals surface area contributed by atoms with Gasteiger partial charge in [-0.2, -0.15) is 0 Å². The van der Waals surface area contributed by atoms with Crippen molar-refractivity contribution in [1.29, 1.82) is 0 Å². The molecule has 0 fully saturated rings. The summed E-state index contributed by atoms with van der Waals surface area (Å²) in [4.78, 5) is 24.3. The molecule has 4 heteroatoms. The van der Waals surface area contributed by atoms with Gasteiger partial charge in [-0.15, -0.1) is 0 Å². The molecule has 0 bridgehead atoms. The minimum Gasteiger partial charge on any atom is -0.466 e. The van der Waals surface area contributed by atoms with Crippen LogP contribution in [0.1, 0.15) is 39.2 Å². The lowest BCUT2D eigenvalue weighted by Gasteiger charge is -2.39. The van der Waals surface area contributed by atoms with Gasteiger partial charge in [0.15, 0.2) is 0 Å². The zero-order chi connectivity index (χ0) is 17.0. The quantitative estimate of drug-likeness (QED) is 0.628. The van der Waals surface area contributed by atoms with E-state index in [2.05, 4.69) is 4.74 Å². The van der Waals surface area contributed by atoms with Crippen LogP contribution < -0.4 is 0 Å². The standard InChI is InChI=1S/C19H22O4/c1-5-19(6-2)13(3)17(14-10-8-7-9-11-14)15(18(21)23-19)12-16(20)22-4/h7-12H,5-6H2,1-4H3/b15-12-. The molecule has 0 N–H and O–H groups in total. The number of benzene rings is 1. The number of hydrogen-bond donors (Lipinski definition) is 0. The lowest BCUT2D eigenvalue weighted by Crippen LogP contribution is -2.40. The van der Waals surface area contributed by atoms with Crippen molar-refractivity contribution in [2.45, 2.75) is 39.2 Å². The smallest absolute Gasteiger partial charge is 0.339 e. The molecule has 0 radical (unpaired) electrons. The fourth-order valence-corrected chi connectivity index (χ4v) is 3.05. The zero-order valence-corrected chi connectivity index (χ0v) is 14.0. The van der Waals surface area contributed by atoms with Crippen molar-refractivity contribution in [2.24, 2.45) is 0 Å². The number of rotatable bonds is 4. The number of carbonyl (C=O) groups is 2. The van der Waals surface area contributed by atoms with E-state index in [1.54, 1.807) is 0 Å². The monoisotopic (exact) mass is 314 g/mol. The van der Waals surface area contributed by atoms with E-state index in [4.69, 9.17) is 4.74 Å². The van der Waals surface area contributed by atoms with E-state index < -0.39 is 17.5 Å². The molecule has 0 spiro atoms. The summed E-state index contributed by atoms with van der Waals surface area (Å²) >= 11 is 0. The van der Waals surface area contributed by atoms with Crippen LogP contribution in [-0.2, 0) is 19.1 Å². The Kier molecular flexibility index (Phi) is 5.04. The Hall–Kier alpha value is -2.36. The largest absolute Gasteiger partial charge is 0.466 e. The van der Waals surface area contributed by atoms with Gasteiger partial charge in [0, 0.05) is 6.08 Å². The molecule has 1 aromatic rings. The lowest BCUT2D eigenvalue weighted by atomic mass is 9.79. The summed E-state index contributed by atoms with van der Waals surface area (Å²) in [5, 5.41) is 0. The van der Waals surface area contributed by atoms with Gasteiger partial charge in [0.2, 0.25) is 0 Å². The summed E-state index contributed by atoms with van der Waals surface area (Å²) in [6.07, 6.45) is 2.58. The fraction of sp³-hybridized carbons (Fsp3) is 0.368. The molecule has 0 aromatic heterocycles. The first-order valence-electron chi connectivity index (χ1n) is 7.79. The predicted octanol–water partition coefficient (Wildman–Crippen LogP) is 3.68. The van der Waals surface area contributed by atoms with E-state index in [9.17, 15) is 9.59 Å². The van der Waals surface area contributed by atoms with Crippen LogP contribution >= 0.6 is 0 Å². The Morgan fingerprint density at radius 1 is 1.22 bits per heavy atom. The van der Waals surface area contributed by atoms with Crippen molar-refractivity contribution < 1.29 is 19.1 Å². The molecular weight excluding hydrogens is 292 g/mol. The second kappa shape index (κ2) is 6.82. The number of carbonyl (C=O) groups excluding carboxylic acids is 2. The molecule has 122 valence electrons. The highest BCUT2D eigenvalue weighted by Gasteiger charge is 2.41. The van der Waals surface area contributed by atoms with Crippen LogP contribution in [0.25, 0.3) is 5.57 Å². The van der Waals surface area contributed by atoms with E-state index in [-0.39, 0.29) is 5.57 Å². The molecule has 0 atom stereocenters. The van der Waals surface area contributed by atoms with Crippen LogP contribution in [0, 0.1) is 0 Å². The predicted molar refractivity (Wildman–Crippen MR) is 88.5 cm³/mol. The second-order valence-electron chi connectivity index (χ2n) is 5.54. The highest BCUT2D eigenvalue weighted by atomic mass is 16.6. The zero-order valence-electron chi connectivity index (χ0n) is 14.0. The van der Waals surface area contributed by atoms with Gasteiger partial charge in [0.05, 0.1) is 12.7 Å². The molecule has 1 aliphatic rings. The average Bonchev–Trinajstić information content (AvgIpc) is 2.58. The molecule has 0 saturated heterocycles. The minimum atomic E-state index is -0.629. The summed E-state index contributed by atoms with van der Waals surface area (Å²) in [5.41, 5.74) is 2.23. The van der Waals surface area contributed by atoms with Crippen molar-refractivity contribution in [2.75, 3.05) is 7.11 Å². The van der Waals surface area contributed by atoms with Crippen molar-refractivity contribution >= 4 is 17.5 Å². The van der Waals surface area contributed by atoms with Gasteiger partial charge in [-0.25, -0.2) is 9.59 Å². The number of hydrogen-bond acceptors (Lipinski definition) is 4. The highest BCUT2D eigenvalue weighted by molar-refractivity contribution is 6.12. The van der Waals surface area contributed by atoms with Crippen LogP contribution in [0.4, 0.5) is 0 Å². The molecule has 0 unspecified atom stereocenters. The topological polar surface area (TPSA) is 52.6 Å². The SMILES string of the molecule is CCC1(CC)OC(=O)/C(=C\C(=O)OC)C(c2ccccc2)=C1C. The van der Waals surface area contributed by atoms with Gasteiger partial charge >= 0.3 is 11.9 Å². The lowest BCUT2D eigenvalue weighted by molar-refractivity contribution is -0.153. The maximum Gasteiger partial charge on any atom is 0.339 e. The van der Waals surface area contributed by atoms with Gasteiger partial charge in [0.1, 0.15) is 5.60 Å². The molecule has 0 amide bonds. The van der Waals surface area contributed by atoms with Crippen LogP contribution in [-0.4, -0.2) is 24.6 Å². The highest BCUT2D eigenvalue weighted by Crippen LogP contribution is 2.43. The van der Waals surface area contributed by atoms with E-state index in [0.717, 1.165) is 16.7 Å². The van der Waals surface area contributed by atoms with Crippen LogP contribution in [0.2, 0.25) is 0 Å². The second-order valence-corrected chi connectivity index (χ2v) is 5.54. The summed E-state index contributed by atoms with van der Waals surface area (Å²) in [5.74, 6) is -1.05. The summed E-state index contributed by atoms with van der Waals surface area (Å²) in [6.45, 7) is 5.96. The molecule has 4 nitrogen and oxygen atoms in total. The third kappa shape index (κ3) is 3.07. The van der Waals surface area contributed by atoms with Gasteiger partial charge in [0.25, 0.3) is 0 Å². The third-order valence-electron chi connectivity index (χ3n) is 4.50. The van der Waals surface area contributed by atoms with Gasteiger partial charge in [-0.1, -0.05) is 44.2 Å². The maximum absolute atomic E-state index is 12.6. The van der Waals surface area contributed by atoms with Crippen molar-refractivity contribution in [3.63, 3.8) is 0 Å². The molecule has 0 aliphatic carbocycles. The van der Waals surface area contributed by atoms with Crippen LogP contribution in [0.15, 0.2) is 47.6 Å². The van der Waals surface area contributed by atoms with E-state index in [0.29, 0.717) is 12.8 Å². The first-order chi connectivity index (χ1) is 11.0. The van der Waals surface area contributed by atoms with E-state index >= 15 is 0 Å². The van der Waals surface area contributed by atoms with Crippen molar-refractivity contribution in [1.82, 2.24) is 0 Å². The Labute approximate surface area is 136 Å². The Bertz CT molecular complexity index is 664. The summed E-state index contributed by atoms with van der Waals surface area (Å²) in [7, 11) is 1.29. The Balaban J connectivity index is 2.73. The fourth-order valence-electron chi connectivity index (χ4n) is 3.05. The summed E-state index contributed by atoms with van der Waals surface area (Å²) < 4.78 is 10.4. The molecule has 1 heterocycles. The Morgan fingerprint density at radius 3 is 2.35 bits per heavy atom. The van der Waals surface area contributed by atoms with Gasteiger partial charge < -0.3 is 9.47 Å². The van der Waals surface area contributed by atoms with Gasteiger partial charge in [-0.05, 0) is 36.5 Å². The van der Waals surface area contributed by atoms with Crippen molar-refractivity contribution in [3.05, 3.63) is 53.1 Å².